The van der Waals surface area contributed by atoms with Crippen LogP contribution in [-0.4, -0.2) is 24.5 Å². The Morgan fingerprint density at radius 3 is 2.68 bits per heavy atom. The smallest absolute Gasteiger partial charge is 0.321 e. The third kappa shape index (κ3) is 4.32. The van der Waals surface area contributed by atoms with Crippen LogP contribution in [0.1, 0.15) is 19.4 Å². The number of urea groups is 1. The van der Waals surface area contributed by atoms with Gasteiger partial charge < -0.3 is 10.6 Å². The van der Waals surface area contributed by atoms with Crippen molar-refractivity contribution in [2.24, 2.45) is 0 Å². The minimum absolute atomic E-state index is 0.443. The second kappa shape index (κ2) is 7.01. The lowest BCUT2D eigenvalue weighted by molar-refractivity contribution is -0.120. The van der Waals surface area contributed by atoms with E-state index >= 15 is 0 Å². The maximum Gasteiger partial charge on any atom is 0.321 e. The Morgan fingerprint density at radius 2 is 2.05 bits per heavy atom. The molecule has 0 bridgehead atoms. The van der Waals surface area contributed by atoms with Crippen LogP contribution in [0.3, 0.4) is 0 Å². The summed E-state index contributed by atoms with van der Waals surface area (Å²) in [6, 6.07) is 7.72. The number of nitrogens with zero attached hydrogens (tertiary/aromatic N) is 1. The van der Waals surface area contributed by atoms with Crippen LogP contribution in [0.2, 0.25) is 0 Å². The van der Waals surface area contributed by atoms with E-state index in [4.69, 9.17) is 5.26 Å². The van der Waals surface area contributed by atoms with Gasteiger partial charge in [0.25, 0.3) is 0 Å². The fourth-order valence-electron chi connectivity index (χ4n) is 1.43. The van der Waals surface area contributed by atoms with Crippen LogP contribution in [0, 0.1) is 11.3 Å². The van der Waals surface area contributed by atoms with Crippen LogP contribution in [0.5, 0.6) is 0 Å². The molecule has 0 fully saturated rings. The normalized spacial score (nSPS) is 11.0. The van der Waals surface area contributed by atoms with Crippen molar-refractivity contribution in [3.8, 4) is 6.07 Å². The summed E-state index contributed by atoms with van der Waals surface area (Å²) >= 11 is 0. The van der Waals surface area contributed by atoms with E-state index in [1.165, 1.54) is 0 Å². The molecule has 0 radical (unpaired) electrons. The van der Waals surface area contributed by atoms with Gasteiger partial charge >= 0.3 is 6.03 Å². The Morgan fingerprint density at radius 1 is 1.37 bits per heavy atom. The zero-order chi connectivity index (χ0) is 14.3. The molecule has 0 heterocycles. The molecule has 0 saturated carbocycles. The van der Waals surface area contributed by atoms with Crippen molar-refractivity contribution in [3.63, 3.8) is 0 Å². The monoisotopic (exact) mass is 260 g/mol. The molecule has 0 spiro atoms. The van der Waals surface area contributed by atoms with Crippen molar-refractivity contribution in [2.75, 3.05) is 11.9 Å². The number of carbonyl (C=O) groups excluding carboxylic acids is 2. The van der Waals surface area contributed by atoms with Gasteiger partial charge in [-0.2, -0.15) is 5.26 Å². The van der Waals surface area contributed by atoms with Gasteiger partial charge in [0.15, 0.2) is 0 Å². The molecule has 1 rings (SSSR count). The highest BCUT2D eigenvalue weighted by Crippen LogP contribution is 2.14. The van der Waals surface area contributed by atoms with Gasteiger partial charge in [0.2, 0.25) is 5.91 Å². The van der Waals surface area contributed by atoms with Crippen molar-refractivity contribution in [2.45, 2.75) is 19.9 Å². The van der Waals surface area contributed by atoms with Gasteiger partial charge in [0.1, 0.15) is 12.1 Å². The number of hydrogen-bond donors (Lipinski definition) is 3. The first-order valence-corrected chi connectivity index (χ1v) is 5.92. The molecule has 6 heteroatoms. The third-order valence-electron chi connectivity index (χ3n) is 2.39. The molecule has 1 aromatic rings. The van der Waals surface area contributed by atoms with Gasteiger partial charge in [0.05, 0.1) is 11.3 Å². The second-order valence-electron chi connectivity index (χ2n) is 3.87. The van der Waals surface area contributed by atoms with Gasteiger partial charge in [-0.1, -0.05) is 12.1 Å². The van der Waals surface area contributed by atoms with Gasteiger partial charge in [-0.25, -0.2) is 4.79 Å². The van der Waals surface area contributed by atoms with E-state index in [0.717, 1.165) is 0 Å². The van der Waals surface area contributed by atoms with Crippen LogP contribution in [-0.2, 0) is 4.79 Å². The van der Waals surface area contributed by atoms with Crippen molar-refractivity contribution in [1.29, 1.82) is 5.26 Å². The molecule has 0 aliphatic carbocycles. The first kappa shape index (κ1) is 14.5. The van der Waals surface area contributed by atoms with E-state index < -0.39 is 18.0 Å². The number of imide groups is 1. The van der Waals surface area contributed by atoms with Crippen molar-refractivity contribution in [3.05, 3.63) is 29.8 Å². The van der Waals surface area contributed by atoms with Gasteiger partial charge in [-0.3, -0.25) is 10.1 Å². The van der Waals surface area contributed by atoms with Gasteiger partial charge in [-0.15, -0.1) is 0 Å². The third-order valence-corrected chi connectivity index (χ3v) is 2.39. The summed E-state index contributed by atoms with van der Waals surface area (Å²) in [5.74, 6) is -0.460. The fourth-order valence-corrected chi connectivity index (χ4v) is 1.43. The van der Waals surface area contributed by atoms with Gasteiger partial charge in [-0.05, 0) is 26.0 Å². The number of benzene rings is 1. The number of nitrogens with one attached hydrogen (secondary N) is 3. The second-order valence-corrected chi connectivity index (χ2v) is 3.87. The molecule has 3 amide bonds. The number of carbonyl (C=O) groups is 2. The molecule has 0 aromatic heterocycles. The number of hydrogen-bond acceptors (Lipinski definition) is 4. The molecule has 19 heavy (non-hydrogen) atoms. The Labute approximate surface area is 111 Å². The van der Waals surface area contributed by atoms with Crippen molar-refractivity contribution >= 4 is 17.6 Å². The average molecular weight is 260 g/mol. The highest BCUT2D eigenvalue weighted by atomic mass is 16.2. The SMILES string of the molecule is CCNC(=O)NC(=O)C(C)Nc1ccccc1C#N. The van der Waals surface area contributed by atoms with E-state index in [9.17, 15) is 9.59 Å². The predicted octanol–water partition coefficient (Wildman–Crippen LogP) is 1.20. The van der Waals surface area contributed by atoms with E-state index in [-0.39, 0.29) is 0 Å². The molecule has 1 aromatic carbocycles. The van der Waals surface area contributed by atoms with E-state index in [0.29, 0.717) is 17.8 Å². The highest BCUT2D eigenvalue weighted by Gasteiger charge is 2.16. The number of para-hydroxylation sites is 1. The largest absolute Gasteiger partial charge is 0.373 e. The lowest BCUT2D eigenvalue weighted by Gasteiger charge is -2.15. The van der Waals surface area contributed by atoms with Crippen LogP contribution >= 0.6 is 0 Å². The number of rotatable bonds is 4. The van der Waals surface area contributed by atoms with E-state index in [2.05, 4.69) is 16.0 Å². The number of anilines is 1. The van der Waals surface area contributed by atoms with Crippen molar-refractivity contribution < 1.29 is 9.59 Å². The lowest BCUT2D eigenvalue weighted by atomic mass is 10.1. The summed E-state index contributed by atoms with van der Waals surface area (Å²) in [4.78, 5) is 22.9. The molecule has 0 saturated heterocycles. The topological polar surface area (TPSA) is 94.0 Å². The van der Waals surface area contributed by atoms with Crippen molar-refractivity contribution in [1.82, 2.24) is 10.6 Å². The fraction of sp³-hybridized carbons (Fsp3) is 0.308. The van der Waals surface area contributed by atoms with Crippen LogP contribution in [0.4, 0.5) is 10.5 Å². The van der Waals surface area contributed by atoms with Crippen LogP contribution in [0.25, 0.3) is 0 Å². The molecular weight excluding hydrogens is 244 g/mol. The minimum atomic E-state index is -0.628. The number of nitriles is 1. The molecule has 1 atom stereocenters. The molecule has 3 N–H and O–H groups in total. The maximum absolute atomic E-state index is 11.7. The van der Waals surface area contributed by atoms with E-state index in [1.54, 1.807) is 38.1 Å². The Hall–Kier alpha value is -2.55. The Kier molecular flexibility index (Phi) is 5.35. The Bertz CT molecular complexity index is 508. The Balaban J connectivity index is 2.64. The molecule has 100 valence electrons. The molecular formula is C13H16N4O2. The first-order valence-electron chi connectivity index (χ1n) is 5.92. The quantitative estimate of drug-likeness (QED) is 0.758. The molecule has 0 aliphatic heterocycles. The highest BCUT2D eigenvalue weighted by molar-refractivity contribution is 5.98. The summed E-state index contributed by atoms with van der Waals surface area (Å²) in [5.41, 5.74) is 1.00. The zero-order valence-electron chi connectivity index (χ0n) is 10.9. The summed E-state index contributed by atoms with van der Waals surface area (Å²) in [5, 5.41) is 16.5. The molecule has 0 aliphatic rings. The summed E-state index contributed by atoms with van der Waals surface area (Å²) < 4.78 is 0. The summed E-state index contributed by atoms with van der Waals surface area (Å²) in [6.07, 6.45) is 0. The number of amides is 3. The lowest BCUT2D eigenvalue weighted by Crippen LogP contribution is -2.45. The van der Waals surface area contributed by atoms with Crippen LogP contribution in [0.15, 0.2) is 24.3 Å². The van der Waals surface area contributed by atoms with Crippen LogP contribution < -0.4 is 16.0 Å². The maximum atomic E-state index is 11.7. The first-order chi connectivity index (χ1) is 9.08. The summed E-state index contributed by atoms with van der Waals surface area (Å²) in [6.45, 7) is 3.82. The van der Waals surface area contributed by atoms with Gasteiger partial charge in [0, 0.05) is 6.54 Å². The average Bonchev–Trinajstić information content (AvgIpc) is 2.39. The standard InChI is InChI=1S/C13H16N4O2/c1-3-15-13(19)17-12(18)9(2)16-11-7-5-4-6-10(11)8-14/h4-7,9,16H,3H2,1-2H3,(H2,15,17,18,19). The predicted molar refractivity (Wildman–Crippen MR) is 71.5 cm³/mol. The summed E-state index contributed by atoms with van der Waals surface area (Å²) in [7, 11) is 0. The van der Waals surface area contributed by atoms with E-state index in [1.807, 2.05) is 6.07 Å². The minimum Gasteiger partial charge on any atom is -0.373 e. The molecule has 1 unspecified atom stereocenters. The zero-order valence-corrected chi connectivity index (χ0v) is 10.9. The molecule has 6 nitrogen and oxygen atoms in total.